The molecule has 0 bridgehead atoms. The lowest BCUT2D eigenvalue weighted by Crippen LogP contribution is -2.09. The molecule has 1 unspecified atom stereocenters. The highest BCUT2D eigenvalue weighted by Crippen LogP contribution is 2.38. The molecule has 0 fully saturated rings. The van der Waals surface area contributed by atoms with E-state index in [1.165, 1.54) is 18.3 Å². The minimum atomic E-state index is -0.811. The van der Waals surface area contributed by atoms with Crippen LogP contribution in [0.1, 0.15) is 38.2 Å². The number of allylic oxidation sites excluding steroid dienone is 1. The number of nitrogens with zero attached hydrogens (tertiary/aromatic N) is 1. The Bertz CT molecular complexity index is 1110. The zero-order valence-electron chi connectivity index (χ0n) is 16.8. The van der Waals surface area contributed by atoms with Gasteiger partial charge in [-0.05, 0) is 80.6 Å². The minimum Gasteiger partial charge on any atom is -0.505 e. The number of hydrogen-bond donors (Lipinski definition) is 4. The normalized spacial score (nSPS) is 10.3. The van der Waals surface area contributed by atoms with E-state index in [0.717, 1.165) is 6.07 Å². The zero-order chi connectivity index (χ0) is 23.1. The Kier molecular flexibility index (Phi) is 11.5. The molecule has 2 aromatic carbocycles. The summed E-state index contributed by atoms with van der Waals surface area (Å²) < 4.78 is 30.0. The monoisotopic (exact) mass is 636 g/mol. The van der Waals surface area contributed by atoms with Crippen LogP contribution in [0.5, 0.6) is 5.75 Å². The lowest BCUT2D eigenvalue weighted by molar-refractivity contribution is 0.432. The topological polar surface area (TPSA) is 84.8 Å². The van der Waals surface area contributed by atoms with Gasteiger partial charge in [0.15, 0.2) is 23.2 Å². The Morgan fingerprint density at radius 1 is 1.38 bits per heavy atom. The fourth-order valence-electron chi connectivity index (χ4n) is 2.86. The van der Waals surface area contributed by atoms with Gasteiger partial charge in [0.1, 0.15) is 10.3 Å². The van der Waals surface area contributed by atoms with Gasteiger partial charge in [-0.3, -0.25) is 5.41 Å². The number of anilines is 1. The van der Waals surface area contributed by atoms with Gasteiger partial charge in [-0.1, -0.05) is 26.5 Å². The van der Waals surface area contributed by atoms with Crippen molar-refractivity contribution in [2.45, 2.75) is 27.7 Å². The number of imidazole rings is 1. The summed E-state index contributed by atoms with van der Waals surface area (Å²) in [6.07, 6.45) is 3.93. The van der Waals surface area contributed by atoms with Gasteiger partial charge in [0.2, 0.25) is 0 Å². The lowest BCUT2D eigenvalue weighted by atomic mass is 9.94. The number of nitrogens with one attached hydrogen (secondary N) is 3. The smallest absolute Gasteiger partial charge is 0.165 e. The van der Waals surface area contributed by atoms with E-state index < -0.39 is 17.4 Å². The maximum Gasteiger partial charge on any atom is 0.165 e. The van der Waals surface area contributed by atoms with Crippen LogP contribution in [0.25, 0.3) is 11.1 Å². The van der Waals surface area contributed by atoms with Crippen LogP contribution in [0.15, 0.2) is 47.7 Å². The van der Waals surface area contributed by atoms with Crippen LogP contribution in [-0.2, 0) is 6.42 Å². The molecule has 172 valence electrons. The maximum absolute atomic E-state index is 15.5. The molecule has 1 aromatic heterocycles. The first-order chi connectivity index (χ1) is 14.8. The van der Waals surface area contributed by atoms with Crippen LogP contribution >= 0.6 is 44.3 Å². The lowest BCUT2D eigenvalue weighted by Gasteiger charge is -2.16. The summed E-state index contributed by atoms with van der Waals surface area (Å²) in [5.74, 6) is -1.57. The van der Waals surface area contributed by atoms with Crippen molar-refractivity contribution in [3.05, 3.63) is 76.3 Å². The molecule has 1 heterocycles. The Balaban J connectivity index is 0.00000121. The molecule has 0 aliphatic rings. The summed E-state index contributed by atoms with van der Waals surface area (Å²) in [6, 6.07) is 5.58. The summed E-state index contributed by atoms with van der Waals surface area (Å²) in [6.45, 7) is 7.10. The average molecular weight is 637 g/mol. The molecule has 4 N–H and O–H groups in total. The highest BCUT2D eigenvalue weighted by molar-refractivity contribution is 14.2. The Labute approximate surface area is 210 Å². The summed E-state index contributed by atoms with van der Waals surface area (Å²) in [5.41, 5.74) is 1.71. The third-order valence-corrected chi connectivity index (χ3v) is 5.77. The molecule has 5 nitrogen and oxygen atoms in total. The molecule has 10 heteroatoms. The number of aromatic nitrogens is 2. The van der Waals surface area contributed by atoms with Crippen molar-refractivity contribution in [2.75, 3.05) is 5.09 Å². The first kappa shape index (κ1) is 28.2. The fraction of sp³-hybridized carbons (Fsp3) is 0.182. The van der Waals surface area contributed by atoms with Crippen molar-refractivity contribution in [3.8, 4) is 16.9 Å². The van der Waals surface area contributed by atoms with E-state index in [-0.39, 0.29) is 30.8 Å². The van der Waals surface area contributed by atoms with E-state index in [1.54, 1.807) is 12.1 Å². The molecule has 3 aromatic rings. The zero-order valence-corrected chi connectivity index (χ0v) is 21.5. The molecule has 0 saturated carbocycles. The first-order valence-electron chi connectivity index (χ1n) is 9.11. The standard InChI is InChI=1S/C18H15BrF2IN4OP.C3H6.CH4/c1-2-8-5-13(27)12(20)6-11(8)9-3-4-10(17(15(9)21)26-28-22)16(23)18-24-7-14(19)25-18;1-3-2;/h3-7,23,26-28H,2H2,1H3,(H,24,25);3H,1H2,2H3;1H4. The number of phenolic OH excluding ortho intramolecular Hbond substituents is 1. The van der Waals surface area contributed by atoms with Crippen LogP contribution in [-0.4, -0.2) is 20.8 Å². The van der Waals surface area contributed by atoms with Crippen LogP contribution in [0.3, 0.4) is 0 Å². The number of aromatic amines is 1. The van der Waals surface area contributed by atoms with Gasteiger partial charge < -0.3 is 15.2 Å². The number of halogens is 4. The predicted octanol–water partition coefficient (Wildman–Crippen LogP) is 7.99. The van der Waals surface area contributed by atoms with Gasteiger partial charge in [-0.2, -0.15) is 0 Å². The van der Waals surface area contributed by atoms with Crippen molar-refractivity contribution in [1.82, 2.24) is 9.97 Å². The van der Waals surface area contributed by atoms with E-state index in [1.807, 2.05) is 13.8 Å². The van der Waals surface area contributed by atoms with Crippen LogP contribution in [0, 0.1) is 17.0 Å². The van der Waals surface area contributed by atoms with Crippen molar-refractivity contribution in [1.29, 1.82) is 5.41 Å². The van der Waals surface area contributed by atoms with Crippen molar-refractivity contribution in [3.63, 3.8) is 0 Å². The fourth-order valence-corrected chi connectivity index (χ4v) is 4.30. The Hall–Kier alpha value is -1.84. The van der Waals surface area contributed by atoms with Gasteiger partial charge in [0, 0.05) is 17.5 Å². The van der Waals surface area contributed by atoms with E-state index in [4.69, 9.17) is 5.41 Å². The second-order valence-corrected chi connectivity index (χ2v) is 9.16. The molecular weight excluding hydrogens is 612 g/mol. The number of rotatable bonds is 6. The van der Waals surface area contributed by atoms with E-state index in [0.29, 0.717) is 33.5 Å². The molecule has 0 amide bonds. The van der Waals surface area contributed by atoms with E-state index in [9.17, 15) is 9.50 Å². The highest BCUT2D eigenvalue weighted by atomic mass is 127. The number of phenols is 1. The van der Waals surface area contributed by atoms with Crippen LogP contribution in [0.2, 0.25) is 0 Å². The SMILES string of the molecule is C.C=CC.CCc1cc(O)c(F)cc1-c1ccc(C(=N)c2ncc(Br)[nH]2)c(NPI)c1F. The molecule has 1 atom stereocenters. The van der Waals surface area contributed by atoms with Gasteiger partial charge in [-0.25, -0.2) is 13.8 Å². The van der Waals surface area contributed by atoms with Crippen LogP contribution < -0.4 is 5.09 Å². The van der Waals surface area contributed by atoms with Crippen molar-refractivity contribution >= 4 is 55.7 Å². The minimum absolute atomic E-state index is 0. The summed E-state index contributed by atoms with van der Waals surface area (Å²) >= 11 is 5.32. The number of aryl methyl sites for hydroxylation is 1. The molecular formula is C22H25BrF2IN4OP. The molecule has 0 saturated heterocycles. The number of aromatic hydroxyl groups is 1. The number of hydrogen-bond acceptors (Lipinski definition) is 4. The second-order valence-electron chi connectivity index (χ2n) is 6.25. The van der Waals surface area contributed by atoms with Crippen LogP contribution in [0.4, 0.5) is 14.5 Å². The summed E-state index contributed by atoms with van der Waals surface area (Å²) in [4.78, 5) is 6.99. The van der Waals surface area contributed by atoms with Crippen molar-refractivity contribution in [2.24, 2.45) is 0 Å². The van der Waals surface area contributed by atoms with Gasteiger partial charge in [0.05, 0.1) is 11.9 Å². The summed E-state index contributed by atoms with van der Waals surface area (Å²) in [7, 11) is 0. The number of benzene rings is 2. The predicted molar refractivity (Wildman–Crippen MR) is 144 cm³/mol. The van der Waals surface area contributed by atoms with E-state index >= 15 is 4.39 Å². The Morgan fingerprint density at radius 3 is 2.56 bits per heavy atom. The van der Waals surface area contributed by atoms with Gasteiger partial charge >= 0.3 is 0 Å². The largest absolute Gasteiger partial charge is 0.505 e. The quantitative estimate of drug-likeness (QED) is 0.0958. The van der Waals surface area contributed by atoms with E-state index in [2.05, 4.69) is 59.6 Å². The maximum atomic E-state index is 15.5. The first-order valence-corrected chi connectivity index (χ1v) is 14.0. The third kappa shape index (κ3) is 6.36. The average Bonchev–Trinajstić information content (AvgIpc) is 3.18. The molecule has 0 spiro atoms. The van der Waals surface area contributed by atoms with Crippen molar-refractivity contribution < 1.29 is 13.9 Å². The second kappa shape index (κ2) is 13.0. The molecule has 0 aliphatic carbocycles. The summed E-state index contributed by atoms with van der Waals surface area (Å²) in [5, 5.41) is 21.0. The Morgan fingerprint density at radius 2 is 2.03 bits per heavy atom. The molecule has 32 heavy (non-hydrogen) atoms. The van der Waals surface area contributed by atoms with Gasteiger partial charge in [-0.15, -0.1) is 6.58 Å². The third-order valence-electron chi connectivity index (χ3n) is 4.21. The molecule has 3 rings (SSSR count). The molecule has 0 aliphatic heterocycles. The number of H-pyrrole nitrogens is 1. The highest BCUT2D eigenvalue weighted by Gasteiger charge is 2.21. The molecule has 0 radical (unpaired) electrons. The van der Waals surface area contributed by atoms with Gasteiger partial charge in [0.25, 0.3) is 0 Å².